The number of carbonyl (C=O) groups is 1. The zero-order chi connectivity index (χ0) is 23.1. The average molecular weight is 445 g/mol. The number of allylic oxidation sites excluding steroid dienone is 2. The SMILES string of the molecule is O=C(Nc1cc(O)ccc1OCCc1ccc(OC(F)F)cc1)C1=C(O)CC=CC(O)=C1. The number of halogens is 2. The molecule has 0 saturated heterocycles. The number of carbonyl (C=O) groups excluding carboxylic acids is 1. The van der Waals surface area contributed by atoms with Gasteiger partial charge in [0.15, 0.2) is 0 Å². The molecule has 2 aromatic rings. The van der Waals surface area contributed by atoms with Crippen LogP contribution in [0.25, 0.3) is 0 Å². The lowest BCUT2D eigenvalue weighted by molar-refractivity contribution is -0.112. The Bertz CT molecular complexity index is 1060. The number of benzene rings is 2. The fourth-order valence-electron chi connectivity index (χ4n) is 2.92. The number of phenols is 1. The van der Waals surface area contributed by atoms with Crippen LogP contribution >= 0.6 is 0 Å². The molecule has 0 fully saturated rings. The lowest BCUT2D eigenvalue weighted by Gasteiger charge is -2.14. The number of hydrogen-bond acceptors (Lipinski definition) is 6. The molecule has 0 saturated carbocycles. The van der Waals surface area contributed by atoms with E-state index in [2.05, 4.69) is 10.1 Å². The summed E-state index contributed by atoms with van der Waals surface area (Å²) in [7, 11) is 0. The molecule has 2 aromatic carbocycles. The van der Waals surface area contributed by atoms with Gasteiger partial charge >= 0.3 is 6.61 Å². The number of aliphatic hydroxyl groups is 2. The summed E-state index contributed by atoms with van der Waals surface area (Å²) in [4.78, 5) is 12.6. The summed E-state index contributed by atoms with van der Waals surface area (Å²) < 4.78 is 34.5. The monoisotopic (exact) mass is 445 g/mol. The van der Waals surface area contributed by atoms with Gasteiger partial charge in [0.1, 0.15) is 28.8 Å². The molecule has 0 spiro atoms. The van der Waals surface area contributed by atoms with Crippen LogP contribution in [0.5, 0.6) is 17.2 Å². The molecule has 3 rings (SSSR count). The number of alkyl halides is 2. The summed E-state index contributed by atoms with van der Waals surface area (Å²) in [6, 6.07) is 10.3. The van der Waals surface area contributed by atoms with Gasteiger partial charge < -0.3 is 30.1 Å². The number of aliphatic hydroxyl groups excluding tert-OH is 2. The van der Waals surface area contributed by atoms with E-state index in [9.17, 15) is 28.9 Å². The second kappa shape index (κ2) is 10.3. The van der Waals surface area contributed by atoms with Gasteiger partial charge in [-0.25, -0.2) is 0 Å². The van der Waals surface area contributed by atoms with Crippen molar-refractivity contribution in [3.05, 3.63) is 83.3 Å². The minimum absolute atomic E-state index is 0.0551. The fourth-order valence-corrected chi connectivity index (χ4v) is 2.92. The van der Waals surface area contributed by atoms with Crippen molar-refractivity contribution in [2.45, 2.75) is 19.5 Å². The van der Waals surface area contributed by atoms with Crippen molar-refractivity contribution in [1.29, 1.82) is 0 Å². The van der Waals surface area contributed by atoms with Gasteiger partial charge in [-0.05, 0) is 42.0 Å². The number of amides is 1. The van der Waals surface area contributed by atoms with Gasteiger partial charge in [0.25, 0.3) is 5.91 Å². The van der Waals surface area contributed by atoms with E-state index in [0.717, 1.165) is 11.6 Å². The summed E-state index contributed by atoms with van der Waals surface area (Å²) >= 11 is 0. The Balaban J connectivity index is 1.66. The van der Waals surface area contributed by atoms with Crippen molar-refractivity contribution in [3.8, 4) is 17.2 Å². The summed E-state index contributed by atoms with van der Waals surface area (Å²) in [6.45, 7) is -2.69. The van der Waals surface area contributed by atoms with Crippen LogP contribution in [0.15, 0.2) is 77.8 Å². The fraction of sp³-hybridized carbons (Fsp3) is 0.174. The Labute approximate surface area is 182 Å². The third-order valence-electron chi connectivity index (χ3n) is 4.46. The van der Waals surface area contributed by atoms with Crippen molar-refractivity contribution in [3.63, 3.8) is 0 Å². The van der Waals surface area contributed by atoms with Gasteiger partial charge in [-0.3, -0.25) is 4.79 Å². The highest BCUT2D eigenvalue weighted by Gasteiger charge is 2.18. The van der Waals surface area contributed by atoms with E-state index in [0.29, 0.717) is 6.42 Å². The molecule has 4 N–H and O–H groups in total. The summed E-state index contributed by atoms with van der Waals surface area (Å²) in [5.41, 5.74) is 0.867. The van der Waals surface area contributed by atoms with E-state index in [1.807, 2.05) is 0 Å². The molecule has 168 valence electrons. The zero-order valence-corrected chi connectivity index (χ0v) is 16.8. The first-order valence-electron chi connectivity index (χ1n) is 9.62. The van der Waals surface area contributed by atoms with E-state index in [1.54, 1.807) is 12.1 Å². The van der Waals surface area contributed by atoms with Crippen LogP contribution in [0.1, 0.15) is 12.0 Å². The Morgan fingerprint density at radius 3 is 2.56 bits per heavy atom. The molecule has 1 aliphatic carbocycles. The maximum absolute atomic E-state index is 12.6. The first-order valence-corrected chi connectivity index (χ1v) is 9.62. The standard InChI is InChI=1S/C23H21F2NO6/c24-23(25)32-17-7-4-14(5-8-17)10-11-31-21-9-6-16(28)13-19(21)26-22(30)18-12-15(27)2-1-3-20(18)29/h1-2,4-9,12-13,23,27-29H,3,10-11H2,(H,26,30). The normalized spacial score (nSPS) is 13.5. The second-order valence-corrected chi connectivity index (χ2v) is 6.79. The predicted octanol–water partition coefficient (Wildman–Crippen LogP) is 4.77. The van der Waals surface area contributed by atoms with Crippen LogP contribution in [0.4, 0.5) is 14.5 Å². The molecule has 0 radical (unpaired) electrons. The van der Waals surface area contributed by atoms with Gasteiger partial charge in [-0.1, -0.05) is 18.2 Å². The molecular weight excluding hydrogens is 424 g/mol. The quantitative estimate of drug-likeness (QED) is 0.466. The average Bonchev–Trinajstić information content (AvgIpc) is 2.91. The van der Waals surface area contributed by atoms with Crippen LogP contribution in [0.3, 0.4) is 0 Å². The molecule has 1 amide bonds. The zero-order valence-electron chi connectivity index (χ0n) is 16.8. The van der Waals surface area contributed by atoms with Crippen LogP contribution < -0.4 is 14.8 Å². The van der Waals surface area contributed by atoms with E-state index in [4.69, 9.17) is 4.74 Å². The Morgan fingerprint density at radius 1 is 1.09 bits per heavy atom. The Hall–Kier alpha value is -4.01. The highest BCUT2D eigenvalue weighted by Crippen LogP contribution is 2.30. The second-order valence-electron chi connectivity index (χ2n) is 6.79. The number of rotatable bonds is 8. The minimum Gasteiger partial charge on any atom is -0.511 e. The van der Waals surface area contributed by atoms with Gasteiger partial charge in [-0.2, -0.15) is 8.78 Å². The van der Waals surface area contributed by atoms with Crippen molar-refractivity contribution in [1.82, 2.24) is 0 Å². The van der Waals surface area contributed by atoms with E-state index < -0.39 is 12.5 Å². The van der Waals surface area contributed by atoms with Crippen LogP contribution in [-0.4, -0.2) is 34.4 Å². The van der Waals surface area contributed by atoms with Gasteiger partial charge in [0, 0.05) is 18.9 Å². The smallest absolute Gasteiger partial charge is 0.387 e. The van der Waals surface area contributed by atoms with Crippen molar-refractivity contribution in [2.75, 3.05) is 11.9 Å². The molecule has 1 aliphatic rings. The number of anilines is 1. The third kappa shape index (κ3) is 6.24. The lowest BCUT2D eigenvalue weighted by Crippen LogP contribution is -2.16. The molecule has 7 nitrogen and oxygen atoms in total. The van der Waals surface area contributed by atoms with E-state index >= 15 is 0 Å². The Morgan fingerprint density at radius 2 is 1.84 bits per heavy atom. The van der Waals surface area contributed by atoms with Crippen LogP contribution in [0, 0.1) is 0 Å². The summed E-state index contributed by atoms with van der Waals surface area (Å²) in [5.74, 6) is -0.876. The molecular formula is C23H21F2NO6. The maximum Gasteiger partial charge on any atom is 0.387 e. The van der Waals surface area contributed by atoms with Crippen molar-refractivity contribution < 1.29 is 38.4 Å². The molecule has 0 atom stereocenters. The number of phenolic OH excluding ortho intramolecular Hbond substituents is 1. The molecule has 0 aromatic heterocycles. The maximum atomic E-state index is 12.6. The Kier molecular flexibility index (Phi) is 7.33. The van der Waals surface area contributed by atoms with Crippen molar-refractivity contribution in [2.24, 2.45) is 0 Å². The van der Waals surface area contributed by atoms with Crippen LogP contribution in [-0.2, 0) is 11.2 Å². The first kappa shape index (κ1) is 22.7. The van der Waals surface area contributed by atoms with Gasteiger partial charge in [0.2, 0.25) is 0 Å². The van der Waals surface area contributed by atoms with E-state index in [-0.39, 0.29) is 53.1 Å². The minimum atomic E-state index is -2.89. The number of ether oxygens (including phenoxy) is 2. The van der Waals surface area contributed by atoms with Crippen LogP contribution in [0.2, 0.25) is 0 Å². The topological polar surface area (TPSA) is 108 Å². The molecule has 9 heteroatoms. The largest absolute Gasteiger partial charge is 0.511 e. The molecule has 0 unspecified atom stereocenters. The molecule has 32 heavy (non-hydrogen) atoms. The first-order chi connectivity index (χ1) is 15.3. The van der Waals surface area contributed by atoms with Crippen molar-refractivity contribution >= 4 is 11.6 Å². The number of nitrogens with one attached hydrogen (secondary N) is 1. The number of aromatic hydroxyl groups is 1. The third-order valence-corrected chi connectivity index (χ3v) is 4.46. The highest BCUT2D eigenvalue weighted by molar-refractivity contribution is 6.07. The van der Waals surface area contributed by atoms with Gasteiger partial charge in [0.05, 0.1) is 17.9 Å². The van der Waals surface area contributed by atoms with Gasteiger partial charge in [-0.15, -0.1) is 0 Å². The summed E-state index contributed by atoms with van der Waals surface area (Å²) in [5, 5.41) is 32.1. The van der Waals surface area contributed by atoms with E-state index in [1.165, 1.54) is 42.5 Å². The highest BCUT2D eigenvalue weighted by atomic mass is 19.3. The molecule has 0 aliphatic heterocycles. The lowest BCUT2D eigenvalue weighted by atomic mass is 10.1. The summed E-state index contributed by atoms with van der Waals surface area (Å²) in [6.07, 6.45) is 4.53. The predicted molar refractivity (Wildman–Crippen MR) is 113 cm³/mol. The molecule has 0 bridgehead atoms. The number of hydrogen-bond donors (Lipinski definition) is 4. The molecule has 0 heterocycles.